The van der Waals surface area contributed by atoms with Crippen LogP contribution in [0.25, 0.3) is 0 Å². The maximum Gasteiger partial charge on any atom is 0.103 e. The van der Waals surface area contributed by atoms with Gasteiger partial charge in [-0.1, -0.05) is 6.92 Å². The van der Waals surface area contributed by atoms with Gasteiger partial charge in [0.15, 0.2) is 0 Å². The third kappa shape index (κ3) is 2.44. The summed E-state index contributed by atoms with van der Waals surface area (Å²) in [5, 5.41) is 13.3. The second-order valence-electron chi connectivity index (χ2n) is 3.59. The molecule has 0 aromatic carbocycles. The molecule has 1 fully saturated rings. The first-order chi connectivity index (χ1) is 5.73. The minimum atomic E-state index is -0.620. The predicted octanol–water partition coefficient (Wildman–Crippen LogP) is 0.383. The second-order valence-corrected chi connectivity index (χ2v) is 3.59. The van der Waals surface area contributed by atoms with Gasteiger partial charge in [0.25, 0.3) is 0 Å². The van der Waals surface area contributed by atoms with E-state index in [1.807, 2.05) is 6.92 Å². The minimum absolute atomic E-state index is 0.449. The number of hydrogen-bond acceptors (Lipinski definition) is 3. The van der Waals surface area contributed by atoms with Crippen molar-refractivity contribution in [3.05, 3.63) is 0 Å². The number of nitrogens with one attached hydrogen (secondary N) is 1. The molecule has 0 aromatic heterocycles. The van der Waals surface area contributed by atoms with Crippen LogP contribution in [0.1, 0.15) is 19.8 Å². The van der Waals surface area contributed by atoms with Crippen LogP contribution in [0.5, 0.6) is 0 Å². The van der Waals surface area contributed by atoms with Crippen molar-refractivity contribution in [3.8, 4) is 0 Å². The highest BCUT2D eigenvalue weighted by Crippen LogP contribution is 2.39. The van der Waals surface area contributed by atoms with Crippen molar-refractivity contribution in [2.75, 3.05) is 26.8 Å². The summed E-state index contributed by atoms with van der Waals surface area (Å²) in [5.41, 5.74) is -0.620. The first-order valence-electron chi connectivity index (χ1n) is 4.65. The molecule has 0 spiro atoms. The number of rotatable bonds is 6. The van der Waals surface area contributed by atoms with E-state index in [-0.39, 0.29) is 0 Å². The van der Waals surface area contributed by atoms with Crippen LogP contribution in [0.3, 0.4) is 0 Å². The molecule has 3 nitrogen and oxygen atoms in total. The zero-order valence-corrected chi connectivity index (χ0v) is 7.97. The Morgan fingerprint density at radius 1 is 1.58 bits per heavy atom. The van der Waals surface area contributed by atoms with Crippen molar-refractivity contribution in [1.29, 1.82) is 0 Å². The molecule has 0 amide bonds. The quantitative estimate of drug-likeness (QED) is 0.610. The first kappa shape index (κ1) is 9.96. The van der Waals surface area contributed by atoms with E-state index in [1.54, 1.807) is 7.11 Å². The van der Waals surface area contributed by atoms with Crippen LogP contribution in [-0.2, 0) is 4.74 Å². The summed E-state index contributed by atoms with van der Waals surface area (Å²) >= 11 is 0. The fraction of sp³-hybridized carbons (Fsp3) is 1.00. The third-order valence-corrected chi connectivity index (χ3v) is 2.41. The topological polar surface area (TPSA) is 41.5 Å². The van der Waals surface area contributed by atoms with Gasteiger partial charge in [-0.2, -0.15) is 0 Å². The Bertz CT molecular complexity index is 136. The molecule has 1 saturated carbocycles. The maximum atomic E-state index is 10.1. The van der Waals surface area contributed by atoms with Crippen LogP contribution in [0.4, 0.5) is 0 Å². The Hall–Kier alpha value is -0.120. The largest absolute Gasteiger partial charge is 0.386 e. The average Bonchev–Trinajstić information content (AvgIpc) is 2.84. The van der Waals surface area contributed by atoms with Crippen molar-refractivity contribution < 1.29 is 9.84 Å². The van der Waals surface area contributed by atoms with Gasteiger partial charge in [-0.15, -0.1) is 0 Å². The van der Waals surface area contributed by atoms with E-state index in [2.05, 4.69) is 5.32 Å². The molecule has 0 aliphatic heterocycles. The van der Waals surface area contributed by atoms with E-state index >= 15 is 0 Å². The molecular weight excluding hydrogens is 154 g/mol. The molecule has 2 N–H and O–H groups in total. The van der Waals surface area contributed by atoms with Gasteiger partial charge in [-0.25, -0.2) is 0 Å². The summed E-state index contributed by atoms with van der Waals surface area (Å²) in [4.78, 5) is 0. The van der Waals surface area contributed by atoms with Gasteiger partial charge in [-0.05, 0) is 25.3 Å². The molecule has 0 heterocycles. The lowest BCUT2D eigenvalue weighted by Gasteiger charge is -2.27. The van der Waals surface area contributed by atoms with Gasteiger partial charge in [-0.3, -0.25) is 0 Å². The van der Waals surface area contributed by atoms with E-state index in [1.165, 1.54) is 0 Å². The predicted molar refractivity (Wildman–Crippen MR) is 48.1 cm³/mol. The highest BCUT2D eigenvalue weighted by molar-refractivity contribution is 4.96. The van der Waals surface area contributed by atoms with Gasteiger partial charge >= 0.3 is 0 Å². The van der Waals surface area contributed by atoms with Crippen molar-refractivity contribution in [3.63, 3.8) is 0 Å². The molecule has 1 rings (SSSR count). The summed E-state index contributed by atoms with van der Waals surface area (Å²) in [6.07, 6.45) is 2.29. The van der Waals surface area contributed by atoms with E-state index in [9.17, 15) is 5.11 Å². The molecule has 72 valence electrons. The molecule has 1 atom stereocenters. The molecule has 0 aromatic rings. The summed E-state index contributed by atoms with van der Waals surface area (Å²) < 4.78 is 5.02. The Balaban J connectivity index is 2.34. The molecule has 12 heavy (non-hydrogen) atoms. The van der Waals surface area contributed by atoms with Gasteiger partial charge in [0.1, 0.15) is 5.60 Å². The third-order valence-electron chi connectivity index (χ3n) is 2.41. The highest BCUT2D eigenvalue weighted by atomic mass is 16.5. The standard InChI is InChI=1S/C9H19NO2/c1-3-10-6-9(11,7-12-2)8-4-5-8/h8,10-11H,3-7H2,1-2H3. The lowest BCUT2D eigenvalue weighted by atomic mass is 9.99. The normalized spacial score (nSPS) is 22.2. The molecule has 0 saturated heterocycles. The average molecular weight is 173 g/mol. The van der Waals surface area contributed by atoms with Crippen LogP contribution < -0.4 is 5.32 Å². The summed E-state index contributed by atoms with van der Waals surface area (Å²) in [5.74, 6) is 0.455. The number of aliphatic hydroxyl groups is 1. The van der Waals surface area contributed by atoms with Crippen LogP contribution >= 0.6 is 0 Å². The van der Waals surface area contributed by atoms with E-state index < -0.39 is 5.60 Å². The summed E-state index contributed by atoms with van der Waals surface area (Å²) in [6, 6.07) is 0. The van der Waals surface area contributed by atoms with Gasteiger partial charge in [0.05, 0.1) is 6.61 Å². The molecule has 0 radical (unpaired) electrons. The van der Waals surface area contributed by atoms with Gasteiger partial charge in [0, 0.05) is 13.7 Å². The van der Waals surface area contributed by atoms with Crippen LogP contribution in [0.2, 0.25) is 0 Å². The van der Waals surface area contributed by atoms with E-state index in [0.29, 0.717) is 19.1 Å². The Morgan fingerprint density at radius 2 is 2.25 bits per heavy atom. The smallest absolute Gasteiger partial charge is 0.103 e. The van der Waals surface area contributed by atoms with Crippen molar-refractivity contribution in [2.45, 2.75) is 25.4 Å². The van der Waals surface area contributed by atoms with Crippen molar-refractivity contribution >= 4 is 0 Å². The first-order valence-corrected chi connectivity index (χ1v) is 4.65. The molecule has 1 unspecified atom stereocenters. The number of likely N-dealkylation sites (N-methyl/N-ethyl adjacent to an activating group) is 1. The Kier molecular flexibility index (Phi) is 3.50. The fourth-order valence-corrected chi connectivity index (χ4v) is 1.53. The number of ether oxygens (including phenoxy) is 1. The molecule has 0 bridgehead atoms. The summed E-state index contributed by atoms with van der Waals surface area (Å²) in [7, 11) is 1.64. The molecule has 3 heteroatoms. The Morgan fingerprint density at radius 3 is 2.67 bits per heavy atom. The maximum absolute atomic E-state index is 10.1. The Labute approximate surface area is 74.1 Å². The lowest BCUT2D eigenvalue weighted by Crippen LogP contribution is -2.46. The molecule has 1 aliphatic carbocycles. The second kappa shape index (κ2) is 4.21. The zero-order valence-electron chi connectivity index (χ0n) is 7.97. The fourth-order valence-electron chi connectivity index (χ4n) is 1.53. The SMILES string of the molecule is CCNCC(O)(COC)C1CC1. The number of methoxy groups -OCH3 is 1. The number of hydrogen-bond donors (Lipinski definition) is 2. The van der Waals surface area contributed by atoms with E-state index in [4.69, 9.17) is 4.74 Å². The van der Waals surface area contributed by atoms with Crippen LogP contribution in [0.15, 0.2) is 0 Å². The zero-order chi connectivity index (χ0) is 9.03. The minimum Gasteiger partial charge on any atom is -0.386 e. The van der Waals surface area contributed by atoms with Gasteiger partial charge in [0.2, 0.25) is 0 Å². The summed E-state index contributed by atoms with van der Waals surface area (Å²) in [6.45, 7) is 4.05. The van der Waals surface area contributed by atoms with Crippen molar-refractivity contribution in [2.24, 2.45) is 5.92 Å². The molecule has 1 aliphatic rings. The van der Waals surface area contributed by atoms with Crippen LogP contribution in [0, 0.1) is 5.92 Å². The van der Waals surface area contributed by atoms with Gasteiger partial charge < -0.3 is 15.2 Å². The van der Waals surface area contributed by atoms with E-state index in [0.717, 1.165) is 19.4 Å². The lowest BCUT2D eigenvalue weighted by molar-refractivity contribution is -0.0460. The van der Waals surface area contributed by atoms with Crippen LogP contribution in [-0.4, -0.2) is 37.5 Å². The highest BCUT2D eigenvalue weighted by Gasteiger charge is 2.43. The van der Waals surface area contributed by atoms with Crippen molar-refractivity contribution in [1.82, 2.24) is 5.32 Å². The monoisotopic (exact) mass is 173 g/mol. The molecular formula is C9H19NO2.